The molecule has 17 heavy (non-hydrogen) atoms. The van der Waals surface area contributed by atoms with Gasteiger partial charge in [0.2, 0.25) is 0 Å². The minimum absolute atomic E-state index is 0.141. The number of H-pyrrole nitrogens is 1. The van der Waals surface area contributed by atoms with Gasteiger partial charge in [-0.1, -0.05) is 26.0 Å². The van der Waals surface area contributed by atoms with E-state index < -0.39 is 0 Å². The Morgan fingerprint density at radius 1 is 1.29 bits per heavy atom. The first-order valence-corrected chi connectivity index (χ1v) is 5.59. The number of hydrogen-bond acceptors (Lipinski definition) is 2. The van der Waals surface area contributed by atoms with Crippen molar-refractivity contribution in [1.29, 1.82) is 0 Å². The number of aromatic nitrogens is 2. The lowest BCUT2D eigenvalue weighted by Gasteiger charge is -2.12. The van der Waals surface area contributed by atoms with Crippen LogP contribution in [0, 0.1) is 0 Å². The lowest BCUT2D eigenvalue weighted by atomic mass is 10.1. The summed E-state index contributed by atoms with van der Waals surface area (Å²) in [5.41, 5.74) is 1.57. The number of aromatic amines is 1. The zero-order valence-corrected chi connectivity index (χ0v) is 10.2. The number of ether oxygens (including phenoxy) is 1. The third kappa shape index (κ3) is 1.98. The second-order valence-corrected chi connectivity index (χ2v) is 4.18. The van der Waals surface area contributed by atoms with Gasteiger partial charge in [-0.3, -0.25) is 4.57 Å². The average molecular weight is 232 g/mol. The van der Waals surface area contributed by atoms with Gasteiger partial charge in [0.15, 0.2) is 0 Å². The molecule has 0 aliphatic heterocycles. The van der Waals surface area contributed by atoms with Crippen LogP contribution in [-0.4, -0.2) is 16.7 Å². The van der Waals surface area contributed by atoms with Gasteiger partial charge in [-0.25, -0.2) is 4.79 Å². The number of para-hydroxylation sites is 2. The SMILES string of the molecule is COc1ccccc1-n1c(C(C)C)c[nH]c1=O. The Morgan fingerprint density at radius 2 is 2.00 bits per heavy atom. The summed E-state index contributed by atoms with van der Waals surface area (Å²) >= 11 is 0. The number of hydrogen-bond donors (Lipinski definition) is 1. The van der Waals surface area contributed by atoms with Crippen LogP contribution in [0.5, 0.6) is 5.75 Å². The Labute approximate surface area is 99.9 Å². The molecular weight excluding hydrogens is 216 g/mol. The maximum Gasteiger partial charge on any atom is 0.330 e. The second kappa shape index (κ2) is 4.49. The van der Waals surface area contributed by atoms with Crippen LogP contribution in [0.1, 0.15) is 25.5 Å². The van der Waals surface area contributed by atoms with E-state index >= 15 is 0 Å². The van der Waals surface area contributed by atoms with Crippen LogP contribution in [0.25, 0.3) is 5.69 Å². The molecule has 0 atom stereocenters. The Balaban J connectivity index is 2.68. The van der Waals surface area contributed by atoms with Crippen molar-refractivity contribution in [2.24, 2.45) is 0 Å². The molecule has 0 bridgehead atoms. The van der Waals surface area contributed by atoms with E-state index in [-0.39, 0.29) is 11.6 Å². The molecule has 0 unspecified atom stereocenters. The van der Waals surface area contributed by atoms with Crippen LogP contribution >= 0.6 is 0 Å². The quantitative estimate of drug-likeness (QED) is 0.882. The summed E-state index contributed by atoms with van der Waals surface area (Å²) in [6.07, 6.45) is 1.75. The van der Waals surface area contributed by atoms with Crippen LogP contribution in [0.4, 0.5) is 0 Å². The predicted octanol–water partition coefficient (Wildman–Crippen LogP) is 2.30. The highest BCUT2D eigenvalue weighted by atomic mass is 16.5. The van der Waals surface area contributed by atoms with Crippen LogP contribution in [0.2, 0.25) is 0 Å². The van der Waals surface area contributed by atoms with Crippen molar-refractivity contribution in [2.45, 2.75) is 19.8 Å². The molecule has 0 fully saturated rings. The molecule has 0 saturated carbocycles. The third-order valence-electron chi connectivity index (χ3n) is 2.72. The normalized spacial score (nSPS) is 10.8. The molecule has 2 rings (SSSR count). The van der Waals surface area contributed by atoms with E-state index in [4.69, 9.17) is 4.74 Å². The topological polar surface area (TPSA) is 47.0 Å². The molecule has 90 valence electrons. The Hall–Kier alpha value is -1.97. The van der Waals surface area contributed by atoms with E-state index in [1.54, 1.807) is 17.9 Å². The van der Waals surface area contributed by atoms with Gasteiger partial charge in [0.1, 0.15) is 5.75 Å². The fourth-order valence-electron chi connectivity index (χ4n) is 1.87. The maximum atomic E-state index is 11.9. The predicted molar refractivity (Wildman–Crippen MR) is 67.0 cm³/mol. The molecule has 0 aliphatic rings. The van der Waals surface area contributed by atoms with E-state index in [9.17, 15) is 4.79 Å². The van der Waals surface area contributed by atoms with Gasteiger partial charge >= 0.3 is 5.69 Å². The average Bonchev–Trinajstić information content (AvgIpc) is 2.71. The van der Waals surface area contributed by atoms with Gasteiger partial charge in [0.05, 0.1) is 12.8 Å². The molecule has 1 aromatic carbocycles. The van der Waals surface area contributed by atoms with Crippen molar-refractivity contribution in [2.75, 3.05) is 7.11 Å². The maximum absolute atomic E-state index is 11.9. The molecule has 4 heteroatoms. The van der Waals surface area contributed by atoms with E-state index in [1.165, 1.54) is 0 Å². The Bertz CT molecular complexity index is 567. The van der Waals surface area contributed by atoms with Crippen molar-refractivity contribution < 1.29 is 4.74 Å². The number of rotatable bonds is 3. The molecule has 1 aromatic heterocycles. The first-order chi connectivity index (χ1) is 8.15. The molecular formula is C13H16N2O2. The van der Waals surface area contributed by atoms with Gasteiger partial charge in [-0.05, 0) is 18.1 Å². The zero-order valence-electron chi connectivity index (χ0n) is 10.2. The molecule has 4 nitrogen and oxygen atoms in total. The molecule has 2 aromatic rings. The monoisotopic (exact) mass is 232 g/mol. The van der Waals surface area contributed by atoms with Crippen molar-refractivity contribution in [1.82, 2.24) is 9.55 Å². The van der Waals surface area contributed by atoms with E-state index in [2.05, 4.69) is 18.8 Å². The first kappa shape index (κ1) is 11.5. The highest BCUT2D eigenvalue weighted by molar-refractivity contribution is 5.47. The van der Waals surface area contributed by atoms with Crippen molar-refractivity contribution >= 4 is 0 Å². The number of methoxy groups -OCH3 is 1. The largest absolute Gasteiger partial charge is 0.495 e. The zero-order chi connectivity index (χ0) is 12.4. The smallest absolute Gasteiger partial charge is 0.330 e. The summed E-state index contributed by atoms with van der Waals surface area (Å²) in [6.45, 7) is 4.10. The Kier molecular flexibility index (Phi) is 3.04. The summed E-state index contributed by atoms with van der Waals surface area (Å²) in [5.74, 6) is 0.954. The summed E-state index contributed by atoms with van der Waals surface area (Å²) in [6, 6.07) is 7.50. The molecule has 0 radical (unpaired) electrons. The molecule has 1 heterocycles. The lowest BCUT2D eigenvalue weighted by Crippen LogP contribution is -2.18. The number of benzene rings is 1. The van der Waals surface area contributed by atoms with Gasteiger partial charge in [0, 0.05) is 11.9 Å². The van der Waals surface area contributed by atoms with Gasteiger partial charge in [-0.15, -0.1) is 0 Å². The molecule has 0 spiro atoms. The fourth-order valence-corrected chi connectivity index (χ4v) is 1.87. The number of nitrogens with zero attached hydrogens (tertiary/aromatic N) is 1. The minimum Gasteiger partial charge on any atom is -0.495 e. The first-order valence-electron chi connectivity index (χ1n) is 5.59. The standard InChI is InChI=1S/C13H16N2O2/c1-9(2)11-8-14-13(16)15(11)10-6-4-5-7-12(10)17-3/h4-9H,1-3H3,(H,14,16). The summed E-state index contributed by atoms with van der Waals surface area (Å²) in [5, 5.41) is 0. The van der Waals surface area contributed by atoms with Crippen molar-refractivity contribution in [3.05, 3.63) is 46.6 Å². The van der Waals surface area contributed by atoms with Crippen LogP contribution in [0.15, 0.2) is 35.3 Å². The molecule has 0 amide bonds. The summed E-state index contributed by atoms with van der Waals surface area (Å²) in [4.78, 5) is 14.6. The Morgan fingerprint density at radius 3 is 2.65 bits per heavy atom. The van der Waals surface area contributed by atoms with E-state index in [1.807, 2.05) is 24.3 Å². The second-order valence-electron chi connectivity index (χ2n) is 4.18. The number of imidazole rings is 1. The lowest BCUT2D eigenvalue weighted by molar-refractivity contribution is 0.412. The highest BCUT2D eigenvalue weighted by Crippen LogP contribution is 2.24. The van der Waals surface area contributed by atoms with Crippen molar-refractivity contribution in [3.8, 4) is 11.4 Å². The molecule has 1 N–H and O–H groups in total. The van der Waals surface area contributed by atoms with Crippen molar-refractivity contribution in [3.63, 3.8) is 0 Å². The van der Waals surface area contributed by atoms with Crippen LogP contribution in [-0.2, 0) is 0 Å². The highest BCUT2D eigenvalue weighted by Gasteiger charge is 2.14. The fraction of sp³-hybridized carbons (Fsp3) is 0.308. The third-order valence-corrected chi connectivity index (χ3v) is 2.72. The molecule has 0 aliphatic carbocycles. The summed E-state index contributed by atoms with van der Waals surface area (Å²) < 4.78 is 6.94. The minimum atomic E-state index is -0.141. The van der Waals surface area contributed by atoms with E-state index in [0.29, 0.717) is 5.75 Å². The van der Waals surface area contributed by atoms with Gasteiger partial charge < -0.3 is 9.72 Å². The van der Waals surface area contributed by atoms with Crippen LogP contribution in [0.3, 0.4) is 0 Å². The number of nitrogens with one attached hydrogen (secondary N) is 1. The molecule has 0 saturated heterocycles. The van der Waals surface area contributed by atoms with Gasteiger partial charge in [-0.2, -0.15) is 0 Å². The summed E-state index contributed by atoms with van der Waals surface area (Å²) in [7, 11) is 1.60. The van der Waals surface area contributed by atoms with Gasteiger partial charge in [0.25, 0.3) is 0 Å². The van der Waals surface area contributed by atoms with E-state index in [0.717, 1.165) is 11.4 Å². The van der Waals surface area contributed by atoms with Crippen LogP contribution < -0.4 is 10.4 Å².